The molecule has 0 atom stereocenters. The Labute approximate surface area is 94.8 Å². The molecular weight excluding hydrogens is 236 g/mol. The molecule has 0 amide bonds. The molecule has 0 radical (unpaired) electrons. The zero-order chi connectivity index (χ0) is 11.6. The summed E-state index contributed by atoms with van der Waals surface area (Å²) in [6, 6.07) is 3.27. The number of hydrogen-bond acceptors (Lipinski definition) is 2. The maximum Gasteiger partial charge on any atom is 0.296 e. The summed E-state index contributed by atoms with van der Waals surface area (Å²) in [5.74, 6) is 0. The molecule has 0 aliphatic rings. The van der Waals surface area contributed by atoms with Crippen molar-refractivity contribution in [1.29, 1.82) is 0 Å². The molecule has 0 saturated carbocycles. The molecular formula is C10H13ClO3S. The van der Waals surface area contributed by atoms with Gasteiger partial charge in [-0.3, -0.25) is 4.55 Å². The minimum atomic E-state index is -4.24. The molecule has 1 N–H and O–H groups in total. The van der Waals surface area contributed by atoms with Crippen molar-refractivity contribution in [2.24, 2.45) is 0 Å². The molecule has 0 unspecified atom stereocenters. The van der Waals surface area contributed by atoms with Crippen molar-refractivity contribution in [3.63, 3.8) is 0 Å². The summed E-state index contributed by atoms with van der Waals surface area (Å²) in [6.07, 6.45) is 1.37. The molecule has 1 rings (SSSR count). The average Bonchev–Trinajstić information content (AvgIpc) is 1.99. The molecule has 0 saturated heterocycles. The van der Waals surface area contributed by atoms with Gasteiger partial charge in [0.15, 0.2) is 0 Å². The minimum Gasteiger partial charge on any atom is -0.282 e. The third-order valence-corrected chi connectivity index (χ3v) is 3.45. The molecule has 1 aromatic carbocycles. The Hall–Kier alpha value is -0.580. The molecule has 0 aliphatic carbocycles. The van der Waals surface area contributed by atoms with Crippen molar-refractivity contribution < 1.29 is 13.0 Å². The lowest BCUT2D eigenvalue weighted by Gasteiger charge is -2.09. The van der Waals surface area contributed by atoms with Gasteiger partial charge < -0.3 is 0 Å². The standard InChI is InChI=1S/C10H13ClO3S/c1-3-4-8-5-7(2)6-9(11)10(8)15(12,13)14/h5-6H,3-4H2,1-2H3,(H,12,13,14). The lowest BCUT2D eigenvalue weighted by molar-refractivity contribution is 0.482. The maximum atomic E-state index is 11.1. The van der Waals surface area contributed by atoms with Gasteiger partial charge in [0.2, 0.25) is 0 Å². The molecule has 5 heteroatoms. The van der Waals surface area contributed by atoms with Crippen LogP contribution >= 0.6 is 11.6 Å². The molecule has 84 valence electrons. The van der Waals surface area contributed by atoms with Crippen LogP contribution in [0.3, 0.4) is 0 Å². The second-order valence-electron chi connectivity index (χ2n) is 3.46. The first-order chi connectivity index (χ1) is 6.86. The summed E-state index contributed by atoms with van der Waals surface area (Å²) in [5.41, 5.74) is 1.46. The summed E-state index contributed by atoms with van der Waals surface area (Å²) in [5, 5.41) is 0.0842. The van der Waals surface area contributed by atoms with Crippen LogP contribution in [0.25, 0.3) is 0 Å². The molecule has 0 aromatic heterocycles. The highest BCUT2D eigenvalue weighted by molar-refractivity contribution is 7.86. The first-order valence-corrected chi connectivity index (χ1v) is 6.44. The Kier molecular flexibility index (Phi) is 3.76. The predicted octanol–water partition coefficient (Wildman–Crippen LogP) is 2.85. The number of benzene rings is 1. The quantitative estimate of drug-likeness (QED) is 0.837. The lowest BCUT2D eigenvalue weighted by Crippen LogP contribution is -2.04. The van der Waals surface area contributed by atoms with Crippen LogP contribution in [-0.4, -0.2) is 13.0 Å². The Bertz CT molecular complexity index is 466. The van der Waals surface area contributed by atoms with E-state index in [2.05, 4.69) is 0 Å². The van der Waals surface area contributed by atoms with Crippen molar-refractivity contribution in [3.8, 4) is 0 Å². The molecule has 0 heterocycles. The highest BCUT2D eigenvalue weighted by Gasteiger charge is 2.19. The van der Waals surface area contributed by atoms with Crippen molar-refractivity contribution in [2.45, 2.75) is 31.6 Å². The van der Waals surface area contributed by atoms with E-state index in [1.165, 1.54) is 6.07 Å². The van der Waals surface area contributed by atoms with Gasteiger partial charge in [0.25, 0.3) is 10.1 Å². The lowest BCUT2D eigenvalue weighted by atomic mass is 10.1. The fourth-order valence-electron chi connectivity index (χ4n) is 1.54. The number of halogens is 1. The van der Waals surface area contributed by atoms with Crippen LogP contribution < -0.4 is 0 Å². The molecule has 0 aliphatic heterocycles. The van der Waals surface area contributed by atoms with Gasteiger partial charge in [0, 0.05) is 0 Å². The van der Waals surface area contributed by atoms with Crippen LogP contribution in [0, 0.1) is 6.92 Å². The van der Waals surface area contributed by atoms with E-state index < -0.39 is 10.1 Å². The normalized spacial score (nSPS) is 11.7. The van der Waals surface area contributed by atoms with Crippen LogP contribution in [0.4, 0.5) is 0 Å². The summed E-state index contributed by atoms with van der Waals surface area (Å²) in [7, 11) is -4.24. The van der Waals surface area contributed by atoms with Gasteiger partial charge in [-0.2, -0.15) is 8.42 Å². The number of aryl methyl sites for hydroxylation is 2. The zero-order valence-corrected chi connectivity index (χ0v) is 10.2. The Balaban J connectivity index is 3.47. The van der Waals surface area contributed by atoms with Gasteiger partial charge in [-0.25, -0.2) is 0 Å². The maximum absolute atomic E-state index is 11.1. The number of rotatable bonds is 3. The second kappa shape index (κ2) is 4.51. The first kappa shape index (κ1) is 12.5. The largest absolute Gasteiger partial charge is 0.296 e. The van der Waals surface area contributed by atoms with Gasteiger partial charge in [0.1, 0.15) is 4.90 Å². The minimum absolute atomic E-state index is 0.0842. The summed E-state index contributed by atoms with van der Waals surface area (Å²) >= 11 is 5.82. The van der Waals surface area contributed by atoms with Crippen LogP contribution in [0.2, 0.25) is 5.02 Å². The summed E-state index contributed by atoms with van der Waals surface area (Å²) in [6.45, 7) is 3.77. The Morgan fingerprint density at radius 3 is 2.47 bits per heavy atom. The molecule has 0 spiro atoms. The molecule has 15 heavy (non-hydrogen) atoms. The van der Waals surface area contributed by atoms with E-state index in [4.69, 9.17) is 16.2 Å². The summed E-state index contributed by atoms with van der Waals surface area (Å²) < 4.78 is 31.3. The third-order valence-electron chi connectivity index (χ3n) is 2.04. The zero-order valence-electron chi connectivity index (χ0n) is 8.62. The molecule has 0 fully saturated rings. The van der Waals surface area contributed by atoms with E-state index >= 15 is 0 Å². The van der Waals surface area contributed by atoms with Gasteiger partial charge >= 0.3 is 0 Å². The SMILES string of the molecule is CCCc1cc(C)cc(Cl)c1S(=O)(=O)O. The fourth-order valence-corrected chi connectivity index (χ4v) is 2.93. The van der Waals surface area contributed by atoms with Gasteiger partial charge in [-0.1, -0.05) is 31.0 Å². The third kappa shape index (κ3) is 2.93. The highest BCUT2D eigenvalue weighted by Crippen LogP contribution is 2.27. The van der Waals surface area contributed by atoms with E-state index in [9.17, 15) is 8.42 Å². The van der Waals surface area contributed by atoms with Crippen molar-refractivity contribution in [1.82, 2.24) is 0 Å². The molecule has 1 aromatic rings. The predicted molar refractivity (Wildman–Crippen MR) is 60.0 cm³/mol. The smallest absolute Gasteiger partial charge is 0.282 e. The average molecular weight is 249 g/mol. The van der Waals surface area contributed by atoms with Crippen LogP contribution in [0.5, 0.6) is 0 Å². The van der Waals surface area contributed by atoms with E-state index in [-0.39, 0.29) is 9.92 Å². The highest BCUT2D eigenvalue weighted by atomic mass is 35.5. The van der Waals surface area contributed by atoms with Crippen molar-refractivity contribution in [2.75, 3.05) is 0 Å². The van der Waals surface area contributed by atoms with Crippen molar-refractivity contribution in [3.05, 3.63) is 28.3 Å². The van der Waals surface area contributed by atoms with Crippen LogP contribution in [0.15, 0.2) is 17.0 Å². The van der Waals surface area contributed by atoms with Gasteiger partial charge in [0.05, 0.1) is 5.02 Å². The van der Waals surface area contributed by atoms with Crippen LogP contribution in [0.1, 0.15) is 24.5 Å². The Morgan fingerprint density at radius 1 is 1.40 bits per heavy atom. The monoisotopic (exact) mass is 248 g/mol. The van der Waals surface area contributed by atoms with E-state index in [0.717, 1.165) is 12.0 Å². The van der Waals surface area contributed by atoms with E-state index in [0.29, 0.717) is 12.0 Å². The molecule has 0 bridgehead atoms. The van der Waals surface area contributed by atoms with Gasteiger partial charge in [-0.05, 0) is 30.5 Å². The Morgan fingerprint density at radius 2 is 2.00 bits per heavy atom. The van der Waals surface area contributed by atoms with E-state index in [1.54, 1.807) is 6.07 Å². The topological polar surface area (TPSA) is 54.4 Å². The van der Waals surface area contributed by atoms with Gasteiger partial charge in [-0.15, -0.1) is 0 Å². The van der Waals surface area contributed by atoms with Crippen molar-refractivity contribution >= 4 is 21.7 Å². The summed E-state index contributed by atoms with van der Waals surface area (Å²) in [4.78, 5) is -0.156. The fraction of sp³-hybridized carbons (Fsp3) is 0.400. The van der Waals surface area contributed by atoms with E-state index in [1.807, 2.05) is 13.8 Å². The molecule has 3 nitrogen and oxygen atoms in total. The second-order valence-corrected chi connectivity index (χ2v) is 5.23. The van der Waals surface area contributed by atoms with Crippen LogP contribution in [-0.2, 0) is 16.5 Å². The number of hydrogen-bond donors (Lipinski definition) is 1. The first-order valence-electron chi connectivity index (χ1n) is 4.62.